The van der Waals surface area contributed by atoms with Gasteiger partial charge in [-0.25, -0.2) is 10.4 Å². The number of hydrazone groups is 1. The molecule has 0 saturated carbocycles. The molecular weight excluding hydrogens is 242 g/mol. The molecule has 0 saturated heterocycles. The Morgan fingerprint density at radius 2 is 2.41 bits per heavy atom. The van der Waals surface area contributed by atoms with Gasteiger partial charge in [0.1, 0.15) is 5.71 Å². The molecule has 0 bridgehead atoms. The van der Waals surface area contributed by atoms with Crippen molar-refractivity contribution in [3.05, 3.63) is 11.1 Å². The fraction of sp³-hybridized carbons (Fsp3) is 0.333. The van der Waals surface area contributed by atoms with Crippen LogP contribution < -0.4 is 16.5 Å². The minimum Gasteiger partial charge on any atom is -0.375 e. The van der Waals surface area contributed by atoms with Gasteiger partial charge in [-0.1, -0.05) is 0 Å². The first-order chi connectivity index (χ1) is 8.15. The topological polar surface area (TPSA) is 109 Å². The largest absolute Gasteiger partial charge is 0.375 e. The Kier molecular flexibility index (Phi) is 3.33. The molecule has 1 aromatic rings. The summed E-state index contributed by atoms with van der Waals surface area (Å²) < 4.78 is 0. The lowest BCUT2D eigenvalue weighted by Gasteiger charge is -2.11. The van der Waals surface area contributed by atoms with Crippen LogP contribution in [0.3, 0.4) is 0 Å². The lowest BCUT2D eigenvalue weighted by molar-refractivity contribution is -0.121. The molecule has 1 aliphatic heterocycles. The molecule has 0 fully saturated rings. The zero-order chi connectivity index (χ0) is 12.3. The van der Waals surface area contributed by atoms with E-state index in [1.165, 1.54) is 11.3 Å². The van der Waals surface area contributed by atoms with E-state index in [4.69, 9.17) is 5.73 Å². The third-order valence-electron chi connectivity index (χ3n) is 2.17. The number of carbonyl (C=O) groups excluding carboxylic acids is 2. The van der Waals surface area contributed by atoms with Gasteiger partial charge in [0.15, 0.2) is 5.13 Å². The van der Waals surface area contributed by atoms with Crippen LogP contribution in [-0.2, 0) is 16.1 Å². The lowest BCUT2D eigenvalue weighted by Crippen LogP contribution is -2.36. The van der Waals surface area contributed by atoms with Gasteiger partial charge in [-0.2, -0.15) is 5.10 Å². The van der Waals surface area contributed by atoms with E-state index in [1.807, 2.05) is 0 Å². The van der Waals surface area contributed by atoms with Gasteiger partial charge in [0.25, 0.3) is 5.91 Å². The van der Waals surface area contributed by atoms with Crippen LogP contribution in [0.5, 0.6) is 0 Å². The van der Waals surface area contributed by atoms with E-state index < -0.39 is 0 Å². The van der Waals surface area contributed by atoms with E-state index in [0.717, 1.165) is 0 Å². The van der Waals surface area contributed by atoms with Crippen LogP contribution in [0.25, 0.3) is 0 Å². The molecule has 0 unspecified atom stereocenters. The van der Waals surface area contributed by atoms with Crippen molar-refractivity contribution in [3.8, 4) is 0 Å². The minimum atomic E-state index is -0.295. The summed E-state index contributed by atoms with van der Waals surface area (Å²) in [4.78, 5) is 26.5. The highest BCUT2D eigenvalue weighted by atomic mass is 32.1. The monoisotopic (exact) mass is 253 g/mol. The number of nitrogen functional groups attached to an aromatic ring is 1. The molecule has 2 rings (SSSR count). The van der Waals surface area contributed by atoms with Gasteiger partial charge in [-0.05, 0) is 0 Å². The first kappa shape index (κ1) is 11.5. The third-order valence-corrected chi connectivity index (χ3v) is 2.89. The average Bonchev–Trinajstić information content (AvgIpc) is 2.73. The molecular formula is C9H11N5O2S. The van der Waals surface area contributed by atoms with Crippen molar-refractivity contribution in [2.45, 2.75) is 19.4 Å². The number of anilines is 1. The summed E-state index contributed by atoms with van der Waals surface area (Å²) in [5, 5.41) is 8.60. The van der Waals surface area contributed by atoms with E-state index >= 15 is 0 Å². The molecule has 17 heavy (non-hydrogen) atoms. The van der Waals surface area contributed by atoms with Crippen LogP contribution >= 0.6 is 11.3 Å². The number of hydrogen-bond donors (Lipinski definition) is 3. The number of hydrogen-bond acceptors (Lipinski definition) is 6. The van der Waals surface area contributed by atoms with Crippen LogP contribution in [0.15, 0.2) is 10.5 Å². The maximum absolute atomic E-state index is 11.6. The molecule has 1 aliphatic rings. The van der Waals surface area contributed by atoms with Crippen molar-refractivity contribution in [1.29, 1.82) is 0 Å². The molecule has 0 aliphatic carbocycles. The predicted molar refractivity (Wildman–Crippen MR) is 63.2 cm³/mol. The van der Waals surface area contributed by atoms with Gasteiger partial charge < -0.3 is 11.1 Å². The molecule has 0 aromatic carbocycles. The Labute approximate surface area is 101 Å². The molecule has 0 atom stereocenters. The standard InChI is InChI=1S/C9H11N5O2S/c10-9-12-5(4-17-9)3-11-8(16)6-1-2-7(15)14-13-6/h4H,1-3H2,(H2,10,12)(H,11,16)(H,14,15). The Bertz CT molecular complexity index is 481. The number of nitrogens with two attached hydrogens (primary N) is 1. The highest BCUT2D eigenvalue weighted by molar-refractivity contribution is 7.13. The zero-order valence-electron chi connectivity index (χ0n) is 8.90. The molecule has 8 heteroatoms. The highest BCUT2D eigenvalue weighted by Gasteiger charge is 2.17. The fourth-order valence-electron chi connectivity index (χ4n) is 1.31. The van der Waals surface area contributed by atoms with E-state index in [9.17, 15) is 9.59 Å². The zero-order valence-corrected chi connectivity index (χ0v) is 9.71. The number of nitrogens with one attached hydrogen (secondary N) is 2. The van der Waals surface area contributed by atoms with Gasteiger partial charge >= 0.3 is 0 Å². The minimum absolute atomic E-state index is 0.172. The van der Waals surface area contributed by atoms with Crippen LogP contribution in [0.1, 0.15) is 18.5 Å². The number of carbonyl (C=O) groups is 2. The molecule has 2 amide bonds. The Balaban J connectivity index is 1.87. The van der Waals surface area contributed by atoms with Crippen molar-refractivity contribution in [2.24, 2.45) is 5.10 Å². The maximum atomic E-state index is 11.6. The first-order valence-corrected chi connectivity index (χ1v) is 5.86. The number of aromatic nitrogens is 1. The summed E-state index contributed by atoms with van der Waals surface area (Å²) in [6.07, 6.45) is 0.646. The van der Waals surface area contributed by atoms with Crippen molar-refractivity contribution >= 4 is 34.0 Å². The molecule has 4 N–H and O–H groups in total. The Morgan fingerprint density at radius 1 is 1.59 bits per heavy atom. The number of rotatable bonds is 3. The van der Waals surface area contributed by atoms with E-state index in [-0.39, 0.29) is 18.2 Å². The Hall–Kier alpha value is -1.96. The quantitative estimate of drug-likeness (QED) is 0.681. The van der Waals surface area contributed by atoms with Gasteiger partial charge in [0.2, 0.25) is 5.91 Å². The van der Waals surface area contributed by atoms with Gasteiger partial charge in [-0.3, -0.25) is 9.59 Å². The summed E-state index contributed by atoms with van der Waals surface area (Å²) in [5.74, 6) is -0.467. The smallest absolute Gasteiger partial charge is 0.267 e. The molecule has 2 heterocycles. The Morgan fingerprint density at radius 3 is 3.00 bits per heavy atom. The van der Waals surface area contributed by atoms with Crippen molar-refractivity contribution in [2.75, 3.05) is 5.73 Å². The SMILES string of the molecule is Nc1nc(CNC(=O)C2=NNC(=O)CC2)cs1. The van der Waals surface area contributed by atoms with Crippen molar-refractivity contribution in [1.82, 2.24) is 15.7 Å². The van der Waals surface area contributed by atoms with Gasteiger partial charge in [-0.15, -0.1) is 11.3 Å². The van der Waals surface area contributed by atoms with Crippen LogP contribution in [0.4, 0.5) is 5.13 Å². The van der Waals surface area contributed by atoms with E-state index in [2.05, 4.69) is 20.8 Å². The molecule has 1 aromatic heterocycles. The number of nitrogens with zero attached hydrogens (tertiary/aromatic N) is 2. The summed E-state index contributed by atoms with van der Waals surface area (Å²) in [6, 6.07) is 0. The molecule has 0 spiro atoms. The number of thiazole rings is 1. The van der Waals surface area contributed by atoms with Crippen LogP contribution in [0, 0.1) is 0 Å². The molecule has 7 nitrogen and oxygen atoms in total. The van der Waals surface area contributed by atoms with Crippen LogP contribution in [0.2, 0.25) is 0 Å². The highest BCUT2D eigenvalue weighted by Crippen LogP contribution is 2.10. The lowest BCUT2D eigenvalue weighted by atomic mass is 10.1. The van der Waals surface area contributed by atoms with Gasteiger partial charge in [0, 0.05) is 18.2 Å². The number of amides is 2. The van der Waals surface area contributed by atoms with E-state index in [1.54, 1.807) is 5.38 Å². The maximum Gasteiger partial charge on any atom is 0.267 e. The van der Waals surface area contributed by atoms with Crippen LogP contribution in [-0.4, -0.2) is 22.5 Å². The third kappa shape index (κ3) is 3.00. The van der Waals surface area contributed by atoms with E-state index in [0.29, 0.717) is 29.5 Å². The molecule has 0 radical (unpaired) electrons. The second kappa shape index (κ2) is 4.91. The van der Waals surface area contributed by atoms with Gasteiger partial charge in [0.05, 0.1) is 12.2 Å². The fourth-order valence-corrected chi connectivity index (χ4v) is 1.88. The summed E-state index contributed by atoms with van der Waals surface area (Å²) in [5.41, 5.74) is 8.77. The van der Waals surface area contributed by atoms with Crippen molar-refractivity contribution in [3.63, 3.8) is 0 Å². The predicted octanol–water partition coefficient (Wildman–Crippen LogP) is -0.392. The first-order valence-electron chi connectivity index (χ1n) is 4.98. The second-order valence-corrected chi connectivity index (χ2v) is 4.34. The summed E-state index contributed by atoms with van der Waals surface area (Å²) in [6.45, 7) is 0.305. The normalized spacial score (nSPS) is 15.1. The summed E-state index contributed by atoms with van der Waals surface area (Å²) >= 11 is 1.32. The average molecular weight is 253 g/mol. The van der Waals surface area contributed by atoms with Crippen molar-refractivity contribution < 1.29 is 9.59 Å². The summed E-state index contributed by atoms with van der Waals surface area (Å²) in [7, 11) is 0. The molecule has 90 valence electrons. The second-order valence-electron chi connectivity index (χ2n) is 3.45.